The first-order valence-electron chi connectivity index (χ1n) is 9.02. The van der Waals surface area contributed by atoms with Gasteiger partial charge >= 0.3 is 0 Å². The zero-order valence-electron chi connectivity index (χ0n) is 16.1. The Hall–Kier alpha value is -1.68. The zero-order valence-corrected chi connectivity index (χ0v) is 16.9. The predicted octanol–water partition coefficient (Wildman–Crippen LogP) is 4.16. The zero-order chi connectivity index (χ0) is 18.1. The van der Waals surface area contributed by atoms with Crippen molar-refractivity contribution in [2.45, 2.75) is 46.2 Å². The van der Waals surface area contributed by atoms with E-state index in [1.807, 2.05) is 13.0 Å². The second-order valence-corrected chi connectivity index (χ2v) is 7.42. The molecule has 0 aliphatic carbocycles. The SMILES string of the molecule is CC(=O)c1c(C)cc(C)c(CN2C[C@@H](N)[C@H](c3ccccc3)C2)c1C.Cl. The third-order valence-electron chi connectivity index (χ3n) is 5.53. The summed E-state index contributed by atoms with van der Waals surface area (Å²) in [5.74, 6) is 0.524. The van der Waals surface area contributed by atoms with Gasteiger partial charge in [0.15, 0.2) is 5.78 Å². The molecule has 0 amide bonds. The average Bonchev–Trinajstić information content (AvgIpc) is 2.92. The molecule has 0 aromatic heterocycles. The highest BCUT2D eigenvalue weighted by Gasteiger charge is 2.31. The number of nitrogens with two attached hydrogens (primary N) is 1. The number of likely N-dealkylation sites (tertiary alicyclic amines) is 1. The van der Waals surface area contributed by atoms with Gasteiger partial charge in [0.25, 0.3) is 0 Å². The molecule has 3 nitrogen and oxygen atoms in total. The lowest BCUT2D eigenvalue weighted by Crippen LogP contribution is -2.29. The van der Waals surface area contributed by atoms with E-state index in [2.05, 4.69) is 49.1 Å². The number of hydrogen-bond donors (Lipinski definition) is 1. The second-order valence-electron chi connectivity index (χ2n) is 7.42. The van der Waals surface area contributed by atoms with Gasteiger partial charge in [-0.05, 0) is 55.5 Å². The summed E-state index contributed by atoms with van der Waals surface area (Å²) < 4.78 is 0. The first-order valence-corrected chi connectivity index (χ1v) is 9.02. The first kappa shape index (κ1) is 20.6. The number of hydrogen-bond acceptors (Lipinski definition) is 3. The van der Waals surface area contributed by atoms with Crippen LogP contribution in [0.2, 0.25) is 0 Å². The van der Waals surface area contributed by atoms with Crippen molar-refractivity contribution in [1.82, 2.24) is 4.90 Å². The molecule has 2 N–H and O–H groups in total. The fraction of sp³-hybridized carbons (Fsp3) is 0.409. The maximum absolute atomic E-state index is 12.0. The highest BCUT2D eigenvalue weighted by atomic mass is 35.5. The summed E-state index contributed by atoms with van der Waals surface area (Å²) in [6.07, 6.45) is 0. The molecule has 0 unspecified atom stereocenters. The number of aryl methyl sites for hydroxylation is 2. The predicted molar refractivity (Wildman–Crippen MR) is 110 cm³/mol. The van der Waals surface area contributed by atoms with Crippen molar-refractivity contribution in [3.63, 3.8) is 0 Å². The Morgan fingerprint density at radius 1 is 1.12 bits per heavy atom. The Morgan fingerprint density at radius 3 is 2.38 bits per heavy atom. The van der Waals surface area contributed by atoms with Gasteiger partial charge < -0.3 is 5.73 Å². The van der Waals surface area contributed by atoms with Crippen molar-refractivity contribution in [3.05, 3.63) is 69.8 Å². The van der Waals surface area contributed by atoms with E-state index in [0.29, 0.717) is 5.92 Å². The maximum atomic E-state index is 12.0. The van der Waals surface area contributed by atoms with Crippen molar-refractivity contribution >= 4 is 18.2 Å². The Balaban J connectivity index is 0.00000243. The maximum Gasteiger partial charge on any atom is 0.160 e. The number of rotatable bonds is 4. The molecular formula is C22H29ClN2O. The van der Waals surface area contributed by atoms with Crippen LogP contribution in [0.15, 0.2) is 36.4 Å². The molecule has 0 bridgehead atoms. The number of ketones is 1. The lowest BCUT2D eigenvalue weighted by Gasteiger charge is -2.21. The van der Waals surface area contributed by atoms with Gasteiger partial charge in [0, 0.05) is 37.2 Å². The molecule has 2 aromatic carbocycles. The summed E-state index contributed by atoms with van der Waals surface area (Å²) in [5, 5.41) is 0. The van der Waals surface area contributed by atoms with Crippen LogP contribution in [0, 0.1) is 20.8 Å². The van der Waals surface area contributed by atoms with E-state index < -0.39 is 0 Å². The van der Waals surface area contributed by atoms with Gasteiger partial charge in [0.05, 0.1) is 0 Å². The number of nitrogens with zero attached hydrogens (tertiary/aromatic N) is 1. The minimum absolute atomic E-state index is 0. The number of halogens is 1. The van der Waals surface area contributed by atoms with Crippen molar-refractivity contribution in [2.75, 3.05) is 13.1 Å². The lowest BCUT2D eigenvalue weighted by molar-refractivity contribution is 0.101. The molecule has 3 rings (SSSR count). The van der Waals surface area contributed by atoms with Crippen LogP contribution in [-0.2, 0) is 6.54 Å². The standard InChI is InChI=1S/C22H28N2O.ClH/c1-14-10-15(2)22(17(4)25)16(3)19(14)11-24-12-20(21(23)13-24)18-8-6-5-7-9-18;/h5-10,20-21H,11-13,23H2,1-4H3;1H/t20-,21+;/m0./s1. The highest BCUT2D eigenvalue weighted by Crippen LogP contribution is 2.30. The van der Waals surface area contributed by atoms with Crippen molar-refractivity contribution < 1.29 is 4.79 Å². The number of benzene rings is 2. The molecule has 0 saturated carbocycles. The molecule has 1 aliphatic heterocycles. The summed E-state index contributed by atoms with van der Waals surface area (Å²) in [5.41, 5.74) is 13.4. The highest BCUT2D eigenvalue weighted by molar-refractivity contribution is 5.97. The van der Waals surface area contributed by atoms with E-state index >= 15 is 0 Å². The van der Waals surface area contributed by atoms with Gasteiger partial charge in [0.2, 0.25) is 0 Å². The average molecular weight is 373 g/mol. The molecule has 0 spiro atoms. The van der Waals surface area contributed by atoms with E-state index in [0.717, 1.165) is 36.3 Å². The Bertz CT molecular complexity index is 788. The summed E-state index contributed by atoms with van der Waals surface area (Å²) in [7, 11) is 0. The topological polar surface area (TPSA) is 46.3 Å². The summed E-state index contributed by atoms with van der Waals surface area (Å²) in [4.78, 5) is 14.5. The van der Waals surface area contributed by atoms with Crippen LogP contribution < -0.4 is 5.73 Å². The summed E-state index contributed by atoms with van der Waals surface area (Å²) in [6, 6.07) is 12.8. The van der Waals surface area contributed by atoms with Crippen LogP contribution in [0.25, 0.3) is 0 Å². The first-order chi connectivity index (χ1) is 11.9. The van der Waals surface area contributed by atoms with E-state index in [4.69, 9.17) is 5.73 Å². The van der Waals surface area contributed by atoms with Gasteiger partial charge in [-0.1, -0.05) is 36.4 Å². The molecule has 2 aromatic rings. The molecular weight excluding hydrogens is 344 g/mol. The van der Waals surface area contributed by atoms with E-state index in [1.54, 1.807) is 6.92 Å². The minimum Gasteiger partial charge on any atom is -0.326 e. The molecule has 1 saturated heterocycles. The molecule has 140 valence electrons. The smallest absolute Gasteiger partial charge is 0.160 e. The largest absolute Gasteiger partial charge is 0.326 e. The van der Waals surface area contributed by atoms with E-state index in [-0.39, 0.29) is 24.2 Å². The molecule has 1 heterocycles. The molecule has 4 heteroatoms. The third-order valence-corrected chi connectivity index (χ3v) is 5.53. The number of carbonyl (C=O) groups is 1. The van der Waals surface area contributed by atoms with Crippen LogP contribution in [0.4, 0.5) is 0 Å². The second kappa shape index (κ2) is 8.34. The molecule has 1 fully saturated rings. The van der Waals surface area contributed by atoms with Gasteiger partial charge in [-0.15, -0.1) is 12.4 Å². The van der Waals surface area contributed by atoms with Crippen molar-refractivity contribution in [3.8, 4) is 0 Å². The number of carbonyl (C=O) groups excluding carboxylic acids is 1. The summed E-state index contributed by atoms with van der Waals surface area (Å²) in [6.45, 7) is 10.6. The fourth-order valence-corrected chi connectivity index (χ4v) is 4.33. The van der Waals surface area contributed by atoms with Crippen LogP contribution in [0.5, 0.6) is 0 Å². The molecule has 26 heavy (non-hydrogen) atoms. The normalized spacial score (nSPS) is 20.0. The molecule has 1 aliphatic rings. The van der Waals surface area contributed by atoms with Crippen LogP contribution in [0.3, 0.4) is 0 Å². The van der Waals surface area contributed by atoms with Crippen LogP contribution in [-0.4, -0.2) is 29.8 Å². The molecule has 2 atom stereocenters. The monoisotopic (exact) mass is 372 g/mol. The van der Waals surface area contributed by atoms with Gasteiger partial charge in [-0.3, -0.25) is 9.69 Å². The lowest BCUT2D eigenvalue weighted by atomic mass is 9.91. The van der Waals surface area contributed by atoms with Crippen molar-refractivity contribution in [2.24, 2.45) is 5.73 Å². The minimum atomic E-state index is 0. The van der Waals surface area contributed by atoms with Gasteiger partial charge in [-0.2, -0.15) is 0 Å². The Kier molecular flexibility index (Phi) is 6.62. The third kappa shape index (κ3) is 4.01. The van der Waals surface area contributed by atoms with Crippen LogP contribution in [0.1, 0.15) is 51.0 Å². The van der Waals surface area contributed by atoms with Gasteiger partial charge in [-0.25, -0.2) is 0 Å². The van der Waals surface area contributed by atoms with Crippen molar-refractivity contribution in [1.29, 1.82) is 0 Å². The Morgan fingerprint density at radius 2 is 1.77 bits per heavy atom. The molecule has 0 radical (unpaired) electrons. The van der Waals surface area contributed by atoms with Crippen LogP contribution >= 0.6 is 12.4 Å². The summed E-state index contributed by atoms with van der Waals surface area (Å²) >= 11 is 0. The van der Waals surface area contributed by atoms with Gasteiger partial charge in [0.1, 0.15) is 0 Å². The van der Waals surface area contributed by atoms with E-state index in [9.17, 15) is 4.79 Å². The van der Waals surface area contributed by atoms with E-state index in [1.165, 1.54) is 16.7 Å². The fourth-order valence-electron chi connectivity index (χ4n) is 4.33. The Labute approximate surface area is 163 Å². The quantitative estimate of drug-likeness (QED) is 0.819. The number of Topliss-reactive ketones (excluding diaryl/α,β-unsaturated/α-hetero) is 1.